The molecule has 0 aliphatic carbocycles. The molecule has 0 spiro atoms. The lowest BCUT2D eigenvalue weighted by atomic mass is 10.1. The second-order valence-corrected chi connectivity index (χ2v) is 5.46. The fourth-order valence-corrected chi connectivity index (χ4v) is 2.08. The molecule has 0 radical (unpaired) electrons. The smallest absolute Gasteiger partial charge is 0.0621 e. The van der Waals surface area contributed by atoms with E-state index < -0.39 is 0 Å². The molecule has 2 N–H and O–H groups in total. The van der Waals surface area contributed by atoms with E-state index in [1.165, 1.54) is 32.1 Å². The first kappa shape index (κ1) is 20.4. The molecule has 0 unspecified atom stereocenters. The number of ether oxygens (including phenoxy) is 2. The minimum atomic E-state index is 0.653. The number of nitrogens with zero attached hydrogens (tertiary/aromatic N) is 1. The summed E-state index contributed by atoms with van der Waals surface area (Å²) in [6.45, 7) is 4.21. The standard InChI is InChI=1S/C17H34N2O2/c18-12-6-5-10-16-20-14-8-3-1-2-4-9-15-21-17-11-7-13-19/h1-11,13-17,19H2. The van der Waals surface area contributed by atoms with Crippen molar-refractivity contribution in [1.82, 2.24) is 0 Å². The van der Waals surface area contributed by atoms with Crippen LogP contribution >= 0.6 is 0 Å². The summed E-state index contributed by atoms with van der Waals surface area (Å²) >= 11 is 0. The minimum absolute atomic E-state index is 0.653. The molecule has 21 heavy (non-hydrogen) atoms. The second-order valence-electron chi connectivity index (χ2n) is 5.46. The molecule has 0 aliphatic rings. The van der Waals surface area contributed by atoms with Gasteiger partial charge < -0.3 is 15.2 Å². The molecular weight excluding hydrogens is 264 g/mol. The van der Waals surface area contributed by atoms with Crippen molar-refractivity contribution in [3.63, 3.8) is 0 Å². The molecule has 4 nitrogen and oxygen atoms in total. The average Bonchev–Trinajstić information content (AvgIpc) is 2.50. The Morgan fingerprint density at radius 3 is 1.52 bits per heavy atom. The van der Waals surface area contributed by atoms with Crippen LogP contribution in [0.1, 0.15) is 70.6 Å². The van der Waals surface area contributed by atoms with Gasteiger partial charge in [-0.3, -0.25) is 0 Å². The highest BCUT2D eigenvalue weighted by Gasteiger charge is 1.94. The van der Waals surface area contributed by atoms with Crippen LogP contribution in [0.2, 0.25) is 0 Å². The maximum absolute atomic E-state index is 8.39. The van der Waals surface area contributed by atoms with E-state index in [9.17, 15) is 0 Å². The monoisotopic (exact) mass is 298 g/mol. The summed E-state index contributed by atoms with van der Waals surface area (Å²) in [5.41, 5.74) is 5.42. The molecule has 0 fully saturated rings. The number of rotatable bonds is 17. The molecule has 0 aromatic heterocycles. The summed E-state index contributed by atoms with van der Waals surface area (Å²) in [7, 11) is 0. The van der Waals surface area contributed by atoms with Crippen molar-refractivity contribution >= 4 is 0 Å². The molecule has 0 saturated heterocycles. The van der Waals surface area contributed by atoms with Gasteiger partial charge in [-0.05, 0) is 45.1 Å². The number of nitrogens with two attached hydrogens (primary N) is 1. The van der Waals surface area contributed by atoms with Gasteiger partial charge in [-0.2, -0.15) is 5.26 Å². The molecular formula is C17H34N2O2. The van der Waals surface area contributed by atoms with Gasteiger partial charge in [0, 0.05) is 32.8 Å². The molecule has 0 heterocycles. The normalized spacial score (nSPS) is 10.7. The Hall–Kier alpha value is -0.630. The van der Waals surface area contributed by atoms with E-state index in [2.05, 4.69) is 6.07 Å². The van der Waals surface area contributed by atoms with Gasteiger partial charge in [0.1, 0.15) is 0 Å². The molecule has 0 aromatic carbocycles. The van der Waals surface area contributed by atoms with Crippen LogP contribution in [-0.2, 0) is 9.47 Å². The largest absolute Gasteiger partial charge is 0.381 e. The van der Waals surface area contributed by atoms with Crippen molar-refractivity contribution in [2.75, 3.05) is 33.0 Å². The highest BCUT2D eigenvalue weighted by atomic mass is 16.5. The van der Waals surface area contributed by atoms with Crippen LogP contribution in [0.3, 0.4) is 0 Å². The lowest BCUT2D eigenvalue weighted by Crippen LogP contribution is -2.02. The predicted octanol–water partition coefficient (Wildman–Crippen LogP) is 3.79. The van der Waals surface area contributed by atoms with Gasteiger partial charge >= 0.3 is 0 Å². The molecule has 0 bridgehead atoms. The summed E-state index contributed by atoms with van der Waals surface area (Å²) in [5.74, 6) is 0. The first-order valence-corrected chi connectivity index (χ1v) is 8.64. The van der Waals surface area contributed by atoms with Gasteiger partial charge in [-0.15, -0.1) is 0 Å². The van der Waals surface area contributed by atoms with Crippen LogP contribution in [0.4, 0.5) is 0 Å². The lowest BCUT2D eigenvalue weighted by molar-refractivity contribution is 0.124. The van der Waals surface area contributed by atoms with Crippen molar-refractivity contribution in [1.29, 1.82) is 5.26 Å². The summed E-state index contributed by atoms with van der Waals surface area (Å²) < 4.78 is 11.1. The molecule has 0 rings (SSSR count). The van der Waals surface area contributed by atoms with E-state index in [1.54, 1.807) is 0 Å². The Bertz CT molecular complexity index is 229. The molecule has 0 aromatic rings. The minimum Gasteiger partial charge on any atom is -0.381 e. The Morgan fingerprint density at radius 2 is 1.05 bits per heavy atom. The lowest BCUT2D eigenvalue weighted by Gasteiger charge is -2.05. The van der Waals surface area contributed by atoms with Gasteiger partial charge in [0.15, 0.2) is 0 Å². The van der Waals surface area contributed by atoms with Crippen molar-refractivity contribution in [2.45, 2.75) is 70.6 Å². The number of hydrogen-bond acceptors (Lipinski definition) is 4. The number of unbranched alkanes of at least 4 members (excludes halogenated alkanes) is 8. The zero-order valence-corrected chi connectivity index (χ0v) is 13.7. The van der Waals surface area contributed by atoms with E-state index in [-0.39, 0.29) is 0 Å². The zero-order valence-electron chi connectivity index (χ0n) is 13.7. The quantitative estimate of drug-likeness (QED) is 0.415. The van der Waals surface area contributed by atoms with Crippen LogP contribution in [0.5, 0.6) is 0 Å². The van der Waals surface area contributed by atoms with E-state index in [0.717, 1.165) is 65.1 Å². The summed E-state index contributed by atoms with van der Waals surface area (Å²) in [5, 5.41) is 8.39. The topological polar surface area (TPSA) is 68.3 Å². The maximum Gasteiger partial charge on any atom is 0.0621 e. The van der Waals surface area contributed by atoms with Gasteiger partial charge in [-0.25, -0.2) is 0 Å². The van der Waals surface area contributed by atoms with Crippen LogP contribution in [-0.4, -0.2) is 33.0 Å². The third-order valence-electron chi connectivity index (χ3n) is 3.40. The molecule has 124 valence electrons. The van der Waals surface area contributed by atoms with Gasteiger partial charge in [-0.1, -0.05) is 25.7 Å². The second kappa shape index (κ2) is 19.4. The molecule has 0 amide bonds. The van der Waals surface area contributed by atoms with Gasteiger partial charge in [0.25, 0.3) is 0 Å². The van der Waals surface area contributed by atoms with E-state index in [4.69, 9.17) is 20.5 Å². The van der Waals surface area contributed by atoms with Crippen LogP contribution in [0.15, 0.2) is 0 Å². The third-order valence-corrected chi connectivity index (χ3v) is 3.40. The molecule has 0 saturated carbocycles. The Labute approximate surface area is 131 Å². The highest BCUT2D eigenvalue weighted by Crippen LogP contribution is 2.06. The molecule has 4 heteroatoms. The zero-order chi connectivity index (χ0) is 15.4. The predicted molar refractivity (Wildman–Crippen MR) is 87.1 cm³/mol. The molecule has 0 atom stereocenters. The van der Waals surface area contributed by atoms with Crippen molar-refractivity contribution in [2.24, 2.45) is 5.73 Å². The Kier molecular flexibility index (Phi) is 18.8. The Morgan fingerprint density at radius 1 is 0.619 bits per heavy atom. The van der Waals surface area contributed by atoms with Crippen molar-refractivity contribution in [3.05, 3.63) is 0 Å². The van der Waals surface area contributed by atoms with Gasteiger partial charge in [0.2, 0.25) is 0 Å². The van der Waals surface area contributed by atoms with Crippen LogP contribution in [0, 0.1) is 11.3 Å². The molecule has 0 aliphatic heterocycles. The summed E-state index contributed by atoms with van der Waals surface area (Å²) in [6.07, 6.45) is 12.3. The van der Waals surface area contributed by atoms with Crippen molar-refractivity contribution in [3.8, 4) is 6.07 Å². The fourth-order valence-electron chi connectivity index (χ4n) is 2.08. The number of hydrogen-bond donors (Lipinski definition) is 1. The average molecular weight is 298 g/mol. The summed E-state index contributed by atoms with van der Waals surface area (Å²) in [4.78, 5) is 0. The van der Waals surface area contributed by atoms with E-state index in [0.29, 0.717) is 6.42 Å². The summed E-state index contributed by atoms with van der Waals surface area (Å²) in [6, 6.07) is 2.15. The maximum atomic E-state index is 8.39. The first-order valence-electron chi connectivity index (χ1n) is 8.64. The van der Waals surface area contributed by atoms with Crippen molar-refractivity contribution < 1.29 is 9.47 Å². The first-order chi connectivity index (χ1) is 10.4. The number of nitriles is 1. The highest BCUT2D eigenvalue weighted by molar-refractivity contribution is 4.67. The SMILES string of the molecule is N#CCCCCOCCCCCCCCOCCCCN. The van der Waals surface area contributed by atoms with E-state index >= 15 is 0 Å². The fraction of sp³-hybridized carbons (Fsp3) is 0.941. The Balaban J connectivity index is 2.92. The van der Waals surface area contributed by atoms with E-state index in [1.807, 2.05) is 0 Å². The van der Waals surface area contributed by atoms with Crippen LogP contribution in [0.25, 0.3) is 0 Å². The third kappa shape index (κ3) is 19.4. The van der Waals surface area contributed by atoms with Gasteiger partial charge in [0.05, 0.1) is 6.07 Å². The van der Waals surface area contributed by atoms with Crippen LogP contribution < -0.4 is 5.73 Å².